The minimum absolute atomic E-state index is 0.0843. The van der Waals surface area contributed by atoms with E-state index in [0.29, 0.717) is 35.5 Å². The van der Waals surface area contributed by atoms with Crippen LogP contribution in [0.15, 0.2) is 70.5 Å². The number of carbonyl (C=O) groups excluding carboxylic acids is 1. The van der Waals surface area contributed by atoms with E-state index in [2.05, 4.69) is 35.9 Å². The normalized spacial score (nSPS) is 12.6. The summed E-state index contributed by atoms with van der Waals surface area (Å²) >= 11 is 3.02. The van der Waals surface area contributed by atoms with Crippen molar-refractivity contribution in [3.8, 4) is 11.3 Å². The highest BCUT2D eigenvalue weighted by Gasteiger charge is 2.31. The minimum atomic E-state index is -4.61. The van der Waals surface area contributed by atoms with Gasteiger partial charge in [-0.05, 0) is 47.5 Å². The van der Waals surface area contributed by atoms with Crippen LogP contribution < -0.4 is 0 Å². The van der Waals surface area contributed by atoms with Gasteiger partial charge in [0.2, 0.25) is 0 Å². The van der Waals surface area contributed by atoms with Crippen LogP contribution in [0.4, 0.5) is 23.2 Å². The van der Waals surface area contributed by atoms with Gasteiger partial charge in [0.05, 0.1) is 17.0 Å². The second-order valence-electron chi connectivity index (χ2n) is 8.46. The van der Waals surface area contributed by atoms with Crippen LogP contribution in [-0.4, -0.2) is 26.9 Å². The molecule has 5 rings (SSSR count). The molecule has 0 saturated heterocycles. The number of ketones is 1. The minimum Gasteiger partial charge on any atom is -0.294 e. The predicted molar refractivity (Wildman–Crippen MR) is 134 cm³/mol. The van der Waals surface area contributed by atoms with Crippen LogP contribution in [0.5, 0.6) is 0 Å². The van der Waals surface area contributed by atoms with Crippen molar-refractivity contribution in [2.75, 3.05) is 0 Å². The third-order valence-corrected chi connectivity index (χ3v) is 6.39. The zero-order valence-corrected chi connectivity index (χ0v) is 20.6. The fourth-order valence-corrected chi connectivity index (χ4v) is 4.66. The predicted octanol–water partition coefficient (Wildman–Crippen LogP) is 6.73. The summed E-state index contributed by atoms with van der Waals surface area (Å²) in [6, 6.07) is 11.0. The topological polar surface area (TPSA) is 68.1 Å². The standard InChI is InChI=1S/C27H17BrF4N4O/c28-19-11-17(10-18(13-19)27(30,31)32)24(37)12-16-8-15(3-4-21(16)29)9-23-20(2-1-6-33-23)25-26-22(5-7-34-26)35-14-36-25/h1-4,6-8,10-11,13-14H,5,9,12H2. The number of Topliss-reactive ketones (excluding diaryl/α,β-unsaturated/α-hetero) is 1. The Labute approximate surface area is 217 Å². The molecule has 0 radical (unpaired) electrons. The van der Waals surface area contributed by atoms with Crippen molar-refractivity contribution in [1.29, 1.82) is 0 Å². The first-order valence-corrected chi connectivity index (χ1v) is 12.0. The summed E-state index contributed by atoms with van der Waals surface area (Å²) in [5, 5.41) is 0. The lowest BCUT2D eigenvalue weighted by Crippen LogP contribution is -2.10. The van der Waals surface area contributed by atoms with E-state index in [1.165, 1.54) is 24.5 Å². The number of aliphatic imine (C=N–C) groups is 1. The van der Waals surface area contributed by atoms with Gasteiger partial charge >= 0.3 is 6.18 Å². The highest BCUT2D eigenvalue weighted by atomic mass is 79.9. The Morgan fingerprint density at radius 3 is 2.68 bits per heavy atom. The third-order valence-electron chi connectivity index (χ3n) is 5.93. The maximum atomic E-state index is 14.6. The van der Waals surface area contributed by atoms with Gasteiger partial charge in [0.1, 0.15) is 23.5 Å². The molecule has 3 heterocycles. The molecule has 1 aliphatic rings. The molecule has 0 spiro atoms. The van der Waals surface area contributed by atoms with Gasteiger partial charge in [-0.1, -0.05) is 28.1 Å². The van der Waals surface area contributed by atoms with Gasteiger partial charge < -0.3 is 0 Å². The van der Waals surface area contributed by atoms with E-state index in [1.807, 2.05) is 6.07 Å². The van der Waals surface area contributed by atoms with Crippen molar-refractivity contribution < 1.29 is 22.4 Å². The number of aromatic nitrogens is 3. The quantitative estimate of drug-likeness (QED) is 0.191. The lowest BCUT2D eigenvalue weighted by molar-refractivity contribution is -0.137. The summed E-state index contributed by atoms with van der Waals surface area (Å²) in [7, 11) is 0. The number of halogens is 5. The number of alkyl halides is 3. The number of rotatable bonds is 6. The zero-order chi connectivity index (χ0) is 26.2. The molecule has 0 N–H and O–H groups in total. The number of pyridine rings is 1. The highest BCUT2D eigenvalue weighted by Crippen LogP contribution is 2.35. The van der Waals surface area contributed by atoms with Crippen molar-refractivity contribution >= 4 is 33.6 Å². The van der Waals surface area contributed by atoms with Crippen LogP contribution >= 0.6 is 15.9 Å². The molecule has 0 unspecified atom stereocenters. The van der Waals surface area contributed by atoms with Crippen LogP contribution in [0.25, 0.3) is 11.3 Å². The summed E-state index contributed by atoms with van der Waals surface area (Å²) in [5.41, 5.74) is 3.25. The molecule has 0 fully saturated rings. The first-order valence-electron chi connectivity index (χ1n) is 11.2. The van der Waals surface area contributed by atoms with Gasteiger partial charge in [0.15, 0.2) is 5.78 Å². The first-order chi connectivity index (χ1) is 17.7. The Kier molecular flexibility index (Phi) is 6.68. The maximum absolute atomic E-state index is 14.6. The van der Waals surface area contributed by atoms with Crippen LogP contribution in [-0.2, 0) is 25.4 Å². The smallest absolute Gasteiger partial charge is 0.294 e. The molecule has 1 aliphatic heterocycles. The first kappa shape index (κ1) is 24.9. The second-order valence-corrected chi connectivity index (χ2v) is 9.38. The van der Waals surface area contributed by atoms with Crippen LogP contribution in [0.2, 0.25) is 0 Å². The molecule has 4 aromatic rings. The number of hydrogen-bond acceptors (Lipinski definition) is 5. The van der Waals surface area contributed by atoms with E-state index in [4.69, 9.17) is 0 Å². The lowest BCUT2D eigenvalue weighted by Gasteiger charge is -2.12. The van der Waals surface area contributed by atoms with Crippen molar-refractivity contribution in [3.05, 3.63) is 105 Å². The van der Waals surface area contributed by atoms with E-state index >= 15 is 0 Å². The summed E-state index contributed by atoms with van der Waals surface area (Å²) in [6.07, 6.45) is 0.824. The van der Waals surface area contributed by atoms with Crippen molar-refractivity contribution in [2.24, 2.45) is 4.99 Å². The monoisotopic (exact) mass is 568 g/mol. The van der Waals surface area contributed by atoms with Crippen molar-refractivity contribution in [1.82, 2.24) is 15.0 Å². The van der Waals surface area contributed by atoms with Crippen molar-refractivity contribution in [2.45, 2.75) is 25.4 Å². The highest BCUT2D eigenvalue weighted by molar-refractivity contribution is 9.10. The van der Waals surface area contributed by atoms with Crippen LogP contribution in [0, 0.1) is 5.82 Å². The molecule has 2 aromatic carbocycles. The third kappa shape index (κ3) is 5.34. The van der Waals surface area contributed by atoms with Gasteiger partial charge in [-0.25, -0.2) is 14.4 Å². The number of hydrogen-bond donors (Lipinski definition) is 0. The van der Waals surface area contributed by atoms with E-state index < -0.39 is 29.8 Å². The molecule has 0 amide bonds. The Morgan fingerprint density at radius 1 is 1.03 bits per heavy atom. The maximum Gasteiger partial charge on any atom is 0.416 e. The molecule has 186 valence electrons. The molecule has 0 saturated carbocycles. The average Bonchev–Trinajstić information content (AvgIpc) is 3.35. The molecule has 0 bridgehead atoms. The lowest BCUT2D eigenvalue weighted by atomic mass is 9.97. The largest absolute Gasteiger partial charge is 0.416 e. The van der Waals surface area contributed by atoms with Gasteiger partial charge in [-0.15, -0.1) is 0 Å². The number of nitrogens with zero attached hydrogens (tertiary/aromatic N) is 4. The molecule has 37 heavy (non-hydrogen) atoms. The SMILES string of the molecule is O=C(Cc1cc(Cc2ncccc2-c2ncnc3c2N=CC3)ccc1F)c1cc(Br)cc(C(F)(F)F)c1. The number of fused-ring (bicyclic) bond motifs is 1. The number of carbonyl (C=O) groups is 1. The molecular weight excluding hydrogens is 552 g/mol. The summed E-state index contributed by atoms with van der Waals surface area (Å²) in [4.78, 5) is 30.4. The number of benzene rings is 2. The van der Waals surface area contributed by atoms with Gasteiger partial charge in [-0.3, -0.25) is 14.8 Å². The summed E-state index contributed by atoms with van der Waals surface area (Å²) in [6.45, 7) is 0. The molecule has 0 atom stereocenters. The summed E-state index contributed by atoms with van der Waals surface area (Å²) in [5.74, 6) is -1.25. The fourth-order valence-electron chi connectivity index (χ4n) is 4.17. The van der Waals surface area contributed by atoms with Crippen LogP contribution in [0.1, 0.15) is 38.4 Å². The Morgan fingerprint density at radius 2 is 1.86 bits per heavy atom. The Hall–Kier alpha value is -3.79. The van der Waals surface area contributed by atoms with E-state index in [0.717, 1.165) is 23.4 Å². The zero-order valence-electron chi connectivity index (χ0n) is 19.1. The van der Waals surface area contributed by atoms with Crippen molar-refractivity contribution in [3.63, 3.8) is 0 Å². The average molecular weight is 569 g/mol. The van der Waals surface area contributed by atoms with E-state index in [9.17, 15) is 22.4 Å². The molecular formula is C27H17BrF4N4O. The van der Waals surface area contributed by atoms with Gasteiger partial charge in [0, 0.05) is 47.3 Å². The molecule has 0 aliphatic carbocycles. The molecule has 10 heteroatoms. The molecule has 2 aromatic heterocycles. The van der Waals surface area contributed by atoms with Gasteiger partial charge in [-0.2, -0.15) is 13.2 Å². The molecule has 5 nitrogen and oxygen atoms in total. The van der Waals surface area contributed by atoms with E-state index in [-0.39, 0.29) is 15.6 Å². The second kappa shape index (κ2) is 9.93. The van der Waals surface area contributed by atoms with E-state index in [1.54, 1.807) is 24.5 Å². The Bertz CT molecular complexity index is 1550. The Balaban J connectivity index is 1.43. The van der Waals surface area contributed by atoms with Crippen LogP contribution in [0.3, 0.4) is 0 Å². The van der Waals surface area contributed by atoms with Gasteiger partial charge in [0.25, 0.3) is 0 Å². The summed E-state index contributed by atoms with van der Waals surface area (Å²) < 4.78 is 54.3. The fraction of sp³-hybridized carbons (Fsp3) is 0.148.